The number of aromatic nitrogens is 1. The number of ether oxygens (including phenoxy) is 2. The Bertz CT molecular complexity index is 1080. The van der Waals surface area contributed by atoms with E-state index in [9.17, 15) is 14.4 Å². The normalized spacial score (nSPS) is 15.6. The molecule has 0 saturated heterocycles. The first-order chi connectivity index (χ1) is 16.0. The summed E-state index contributed by atoms with van der Waals surface area (Å²) in [5, 5.41) is 3.42. The Balaban J connectivity index is 1.72. The number of anilines is 2. The maximum Gasteiger partial charge on any atom is 0.426 e. The molecule has 0 radical (unpaired) electrons. The first-order valence-electron chi connectivity index (χ1n) is 10.3. The summed E-state index contributed by atoms with van der Waals surface area (Å²) in [5.41, 5.74) is 0.763. The molecular formula is C22H22FN5O5. The van der Waals surface area contributed by atoms with Gasteiger partial charge in [-0.25, -0.2) is 19.2 Å². The molecular weight excluding hydrogens is 433 g/mol. The van der Waals surface area contributed by atoms with Crippen LogP contribution in [0, 0.1) is 5.82 Å². The first kappa shape index (κ1) is 22.2. The number of fused-ring (bicyclic) bond motifs is 1. The molecule has 33 heavy (non-hydrogen) atoms. The molecule has 2 aliphatic rings. The van der Waals surface area contributed by atoms with Crippen molar-refractivity contribution in [1.82, 2.24) is 15.1 Å². The van der Waals surface area contributed by atoms with E-state index in [0.29, 0.717) is 12.1 Å². The van der Waals surface area contributed by atoms with Crippen molar-refractivity contribution in [3.63, 3.8) is 0 Å². The largest absolute Gasteiger partial charge is 0.481 e. The molecule has 3 amide bonds. The lowest BCUT2D eigenvalue weighted by Gasteiger charge is -2.40. The van der Waals surface area contributed by atoms with Crippen LogP contribution in [0.1, 0.15) is 12.6 Å². The van der Waals surface area contributed by atoms with Crippen LogP contribution in [0.25, 0.3) is 0 Å². The van der Waals surface area contributed by atoms with E-state index in [-0.39, 0.29) is 55.9 Å². The fraction of sp³-hybridized carbons (Fsp3) is 0.273. The number of rotatable bonds is 6. The van der Waals surface area contributed by atoms with Gasteiger partial charge in [-0.2, -0.15) is 0 Å². The number of benzene rings is 1. The molecule has 0 fully saturated rings. The minimum Gasteiger partial charge on any atom is -0.481 e. The van der Waals surface area contributed by atoms with Crippen molar-refractivity contribution in [3.05, 3.63) is 60.2 Å². The van der Waals surface area contributed by atoms with Crippen molar-refractivity contribution in [2.45, 2.75) is 13.5 Å². The molecule has 4 rings (SSSR count). The minimum atomic E-state index is -0.758. The van der Waals surface area contributed by atoms with Crippen molar-refractivity contribution in [2.75, 3.05) is 36.2 Å². The molecule has 0 unspecified atom stereocenters. The summed E-state index contributed by atoms with van der Waals surface area (Å²) in [5.74, 6) is -0.929. The number of hydrogen-bond donors (Lipinski definition) is 0. The van der Waals surface area contributed by atoms with E-state index in [0.717, 1.165) is 11.1 Å². The van der Waals surface area contributed by atoms with Crippen molar-refractivity contribution in [1.29, 1.82) is 0 Å². The van der Waals surface area contributed by atoms with Crippen LogP contribution in [0.5, 0.6) is 5.75 Å². The highest BCUT2D eigenvalue weighted by atomic mass is 19.1. The van der Waals surface area contributed by atoms with Crippen LogP contribution in [0.15, 0.2) is 48.7 Å². The summed E-state index contributed by atoms with van der Waals surface area (Å²) in [4.78, 5) is 42.8. The Hall–Kier alpha value is -3.99. The first-order valence-corrected chi connectivity index (χ1v) is 10.3. The smallest absolute Gasteiger partial charge is 0.426 e. The number of nitrogens with zero attached hydrogens (tertiary/aromatic N) is 5. The van der Waals surface area contributed by atoms with E-state index in [1.807, 2.05) is 0 Å². The van der Waals surface area contributed by atoms with Crippen LogP contribution >= 0.6 is 0 Å². The summed E-state index contributed by atoms with van der Waals surface area (Å²) >= 11 is 0. The fourth-order valence-electron chi connectivity index (χ4n) is 3.56. The highest BCUT2D eigenvalue weighted by Gasteiger charge is 2.33. The number of amides is 3. The molecule has 0 saturated carbocycles. The van der Waals surface area contributed by atoms with Crippen molar-refractivity contribution in [2.24, 2.45) is 0 Å². The summed E-state index contributed by atoms with van der Waals surface area (Å²) < 4.78 is 25.6. The van der Waals surface area contributed by atoms with E-state index >= 15 is 4.39 Å². The van der Waals surface area contributed by atoms with Crippen molar-refractivity contribution < 1.29 is 28.2 Å². The summed E-state index contributed by atoms with van der Waals surface area (Å²) in [6, 6.07) is 7.79. The van der Waals surface area contributed by atoms with Gasteiger partial charge >= 0.3 is 6.09 Å². The summed E-state index contributed by atoms with van der Waals surface area (Å²) in [7, 11) is 0. The Labute approximate surface area is 189 Å². The zero-order valence-corrected chi connectivity index (χ0v) is 17.9. The molecule has 1 aromatic heterocycles. The van der Waals surface area contributed by atoms with Gasteiger partial charge in [0.05, 0.1) is 37.6 Å². The van der Waals surface area contributed by atoms with E-state index < -0.39 is 11.9 Å². The van der Waals surface area contributed by atoms with E-state index in [4.69, 9.17) is 9.47 Å². The lowest BCUT2D eigenvalue weighted by Crippen LogP contribution is -2.57. The third kappa shape index (κ3) is 4.48. The van der Waals surface area contributed by atoms with E-state index in [2.05, 4.69) is 4.98 Å². The average Bonchev–Trinajstić information content (AvgIpc) is 2.83. The molecule has 3 heterocycles. The van der Waals surface area contributed by atoms with Crippen LogP contribution in [-0.4, -0.2) is 59.8 Å². The monoisotopic (exact) mass is 455 g/mol. The second-order valence-corrected chi connectivity index (χ2v) is 7.12. The van der Waals surface area contributed by atoms with E-state index in [1.165, 1.54) is 21.1 Å². The van der Waals surface area contributed by atoms with E-state index in [1.54, 1.807) is 43.5 Å². The van der Waals surface area contributed by atoms with Gasteiger partial charge in [-0.15, -0.1) is 5.12 Å². The molecule has 10 nitrogen and oxygen atoms in total. The summed E-state index contributed by atoms with van der Waals surface area (Å²) in [6.45, 7) is 1.97. The zero-order valence-electron chi connectivity index (χ0n) is 17.9. The van der Waals surface area contributed by atoms with Crippen LogP contribution in [0.3, 0.4) is 0 Å². The quantitative estimate of drug-likeness (QED) is 0.487. The van der Waals surface area contributed by atoms with Crippen molar-refractivity contribution in [3.8, 4) is 5.75 Å². The number of hydrogen-bond acceptors (Lipinski definition) is 7. The molecule has 0 atom stereocenters. The van der Waals surface area contributed by atoms with Gasteiger partial charge in [-0.05, 0) is 25.1 Å². The van der Waals surface area contributed by atoms with Gasteiger partial charge in [0.25, 0.3) is 5.91 Å². The SMILES string of the molecule is CCOC(=O)N1CC=CCN1N(C=O)c1cc2c(cc1F)OCC(=O)N2Cc1ccccn1. The molecule has 0 bridgehead atoms. The average molecular weight is 455 g/mol. The molecule has 11 heteroatoms. The van der Waals surface area contributed by atoms with Gasteiger partial charge in [-0.1, -0.05) is 18.2 Å². The standard InChI is InChI=1S/C22H22FN5O5/c1-2-32-22(31)26-9-5-6-10-28(26)27(15-29)18-12-19-20(11-17(18)23)33-14-21(30)25(19)13-16-7-3-4-8-24-16/h3-8,11-12,15H,2,9-10,13-14H2,1H3. The predicted octanol–water partition coefficient (Wildman–Crippen LogP) is 2.27. The predicted molar refractivity (Wildman–Crippen MR) is 115 cm³/mol. The highest BCUT2D eigenvalue weighted by Crippen LogP contribution is 2.38. The maximum atomic E-state index is 15.1. The Kier molecular flexibility index (Phi) is 6.50. The maximum absolute atomic E-state index is 15.1. The third-order valence-electron chi connectivity index (χ3n) is 5.08. The summed E-state index contributed by atoms with van der Waals surface area (Å²) in [6.07, 6.45) is 4.80. The van der Waals surface area contributed by atoms with Crippen LogP contribution in [0.2, 0.25) is 0 Å². The molecule has 0 aliphatic carbocycles. The zero-order chi connectivity index (χ0) is 23.4. The van der Waals surface area contributed by atoms with Crippen LogP contribution in [-0.2, 0) is 20.9 Å². The van der Waals surface area contributed by atoms with Gasteiger partial charge in [0.2, 0.25) is 6.41 Å². The molecule has 0 N–H and O–H groups in total. The third-order valence-corrected chi connectivity index (χ3v) is 5.08. The van der Waals surface area contributed by atoms with Crippen molar-refractivity contribution >= 4 is 29.8 Å². The molecule has 2 aromatic rings. The topological polar surface area (TPSA) is 95.5 Å². The minimum absolute atomic E-state index is 0.126. The van der Waals surface area contributed by atoms with Gasteiger partial charge in [-0.3, -0.25) is 19.5 Å². The second-order valence-electron chi connectivity index (χ2n) is 7.12. The molecule has 1 aromatic carbocycles. The number of carbonyl (C=O) groups is 3. The number of halogens is 1. The number of carbonyl (C=O) groups excluding carboxylic acids is 3. The van der Waals surface area contributed by atoms with Gasteiger partial charge in [0, 0.05) is 12.3 Å². The Morgan fingerprint density at radius 1 is 1.30 bits per heavy atom. The number of hydrazine groups is 2. The number of pyridine rings is 1. The van der Waals surface area contributed by atoms with Crippen LogP contribution < -0.4 is 14.6 Å². The Morgan fingerprint density at radius 2 is 2.12 bits per heavy atom. The Morgan fingerprint density at radius 3 is 2.85 bits per heavy atom. The fourth-order valence-corrected chi connectivity index (χ4v) is 3.56. The highest BCUT2D eigenvalue weighted by molar-refractivity contribution is 5.98. The van der Waals surface area contributed by atoms with Crippen LogP contribution in [0.4, 0.5) is 20.6 Å². The lowest BCUT2D eigenvalue weighted by atomic mass is 10.1. The van der Waals surface area contributed by atoms with Gasteiger partial charge in [0.15, 0.2) is 12.4 Å². The molecule has 172 valence electrons. The van der Waals surface area contributed by atoms with Gasteiger partial charge in [0.1, 0.15) is 11.4 Å². The molecule has 0 spiro atoms. The molecule has 2 aliphatic heterocycles. The van der Waals surface area contributed by atoms with Gasteiger partial charge < -0.3 is 9.47 Å². The lowest BCUT2D eigenvalue weighted by molar-refractivity contribution is -0.121. The second kappa shape index (κ2) is 9.65.